The molecule has 252 valence electrons. The molecule has 2 amide bonds. The minimum Gasteiger partial charge on any atom is -0.481 e. The van der Waals surface area contributed by atoms with Gasteiger partial charge < -0.3 is 24.8 Å². The van der Waals surface area contributed by atoms with Crippen LogP contribution in [0.1, 0.15) is 61.4 Å². The van der Waals surface area contributed by atoms with Crippen LogP contribution in [0.25, 0.3) is 10.1 Å². The standard InChI is InChI=1S/C35H41ClFN3O6S/c1-2-45-26-11-12-39(18-26)23-15-24(19-46-25-9-7-21(8-10-25)35(43)44)40(17-23)33(41)14-22-13-29(36)31(16-30(22)37)38-34(42)28-20-47-32-6-4-3-5-27(28)32/h3-6,13,16,20-21,23-26H,2,7-12,14-15,17-19H2,1H3,(H,38,42)(H,43,44)/t21?,23-,24-,25?,26?/m0/s1. The molecule has 47 heavy (non-hydrogen) atoms. The highest BCUT2D eigenvalue weighted by Crippen LogP contribution is 2.33. The summed E-state index contributed by atoms with van der Waals surface area (Å²) in [5.74, 6) is -2.30. The Morgan fingerprint density at radius 1 is 1.06 bits per heavy atom. The highest BCUT2D eigenvalue weighted by atomic mass is 35.5. The highest BCUT2D eigenvalue weighted by Gasteiger charge is 2.41. The Labute approximate surface area is 283 Å². The summed E-state index contributed by atoms with van der Waals surface area (Å²) in [5.41, 5.74) is 0.786. The van der Waals surface area contributed by atoms with E-state index >= 15 is 4.39 Å². The maximum Gasteiger partial charge on any atom is 0.306 e. The predicted octanol–water partition coefficient (Wildman–Crippen LogP) is 6.23. The summed E-state index contributed by atoms with van der Waals surface area (Å²) in [6.45, 7) is 5.21. The Hall–Kier alpha value is -3.09. The van der Waals surface area contributed by atoms with Crippen molar-refractivity contribution in [2.24, 2.45) is 5.92 Å². The first kappa shape index (κ1) is 33.8. The zero-order valence-electron chi connectivity index (χ0n) is 26.5. The number of carbonyl (C=O) groups is 3. The van der Waals surface area contributed by atoms with Gasteiger partial charge in [-0.1, -0.05) is 29.8 Å². The summed E-state index contributed by atoms with van der Waals surface area (Å²) < 4.78 is 28.6. The van der Waals surface area contributed by atoms with E-state index in [4.69, 9.17) is 21.1 Å². The van der Waals surface area contributed by atoms with Crippen molar-refractivity contribution in [2.45, 2.75) is 76.2 Å². The van der Waals surface area contributed by atoms with Gasteiger partial charge in [0.05, 0.1) is 53.5 Å². The van der Waals surface area contributed by atoms with E-state index in [-0.39, 0.29) is 64.7 Å². The molecule has 2 aliphatic heterocycles. The highest BCUT2D eigenvalue weighted by molar-refractivity contribution is 7.17. The van der Waals surface area contributed by atoms with Crippen molar-refractivity contribution in [2.75, 3.05) is 38.2 Å². The Bertz CT molecular complexity index is 1610. The number of thiophene rings is 1. The number of fused-ring (bicyclic) bond motifs is 1. The second kappa shape index (κ2) is 15.0. The van der Waals surface area contributed by atoms with Crippen LogP contribution in [-0.2, 0) is 25.5 Å². The van der Waals surface area contributed by atoms with Crippen LogP contribution < -0.4 is 5.32 Å². The minimum atomic E-state index is -0.756. The van der Waals surface area contributed by atoms with Gasteiger partial charge in [0.2, 0.25) is 5.91 Å². The van der Waals surface area contributed by atoms with Crippen LogP contribution in [0, 0.1) is 11.7 Å². The first-order chi connectivity index (χ1) is 22.7. The monoisotopic (exact) mass is 685 g/mol. The summed E-state index contributed by atoms with van der Waals surface area (Å²) in [5, 5.41) is 14.8. The van der Waals surface area contributed by atoms with Gasteiger partial charge in [-0.05, 0) is 69.2 Å². The average Bonchev–Trinajstić information content (AvgIpc) is 3.81. The maximum absolute atomic E-state index is 15.5. The van der Waals surface area contributed by atoms with E-state index in [2.05, 4.69) is 10.2 Å². The van der Waals surface area contributed by atoms with Crippen molar-refractivity contribution >= 4 is 56.5 Å². The van der Waals surface area contributed by atoms with Crippen LogP contribution in [0.3, 0.4) is 0 Å². The number of benzene rings is 2. The number of carboxylic acids is 1. The molecule has 2 N–H and O–H groups in total. The number of anilines is 1. The van der Waals surface area contributed by atoms with Crippen molar-refractivity contribution in [3.8, 4) is 0 Å². The number of likely N-dealkylation sites (tertiary alicyclic amines) is 2. The summed E-state index contributed by atoms with van der Waals surface area (Å²) in [6.07, 6.45) is 4.17. The van der Waals surface area contributed by atoms with E-state index < -0.39 is 11.8 Å². The van der Waals surface area contributed by atoms with Crippen LogP contribution in [0.5, 0.6) is 0 Å². The number of hydrogen-bond acceptors (Lipinski definition) is 7. The van der Waals surface area contributed by atoms with Gasteiger partial charge in [-0.3, -0.25) is 19.3 Å². The van der Waals surface area contributed by atoms with Crippen LogP contribution in [0.2, 0.25) is 5.02 Å². The third kappa shape index (κ3) is 7.81. The van der Waals surface area contributed by atoms with Crippen molar-refractivity contribution in [3.63, 3.8) is 0 Å². The van der Waals surface area contributed by atoms with Crippen molar-refractivity contribution < 1.29 is 33.4 Å². The van der Waals surface area contributed by atoms with E-state index in [1.807, 2.05) is 36.1 Å². The molecule has 0 spiro atoms. The zero-order valence-corrected chi connectivity index (χ0v) is 28.0. The molecule has 1 saturated carbocycles. The normalized spacial score (nSPS) is 25.0. The number of carbonyl (C=O) groups excluding carboxylic acids is 2. The van der Waals surface area contributed by atoms with Gasteiger partial charge >= 0.3 is 5.97 Å². The number of halogens is 2. The fourth-order valence-electron chi connectivity index (χ4n) is 7.23. The average molecular weight is 686 g/mol. The van der Waals surface area contributed by atoms with Gasteiger partial charge in [0.1, 0.15) is 5.82 Å². The number of carboxylic acid groups (broad SMARTS) is 1. The first-order valence-electron chi connectivity index (χ1n) is 16.4. The number of nitrogens with zero attached hydrogens (tertiary/aromatic N) is 2. The molecule has 2 aromatic carbocycles. The van der Waals surface area contributed by atoms with Crippen LogP contribution in [0.4, 0.5) is 10.1 Å². The lowest BCUT2D eigenvalue weighted by Crippen LogP contribution is -2.41. The summed E-state index contributed by atoms with van der Waals surface area (Å²) in [6, 6.07) is 10.1. The topological polar surface area (TPSA) is 108 Å². The molecule has 9 nitrogen and oxygen atoms in total. The van der Waals surface area contributed by atoms with Crippen LogP contribution in [-0.4, -0.2) is 89.8 Å². The molecule has 1 unspecified atom stereocenters. The molecule has 6 rings (SSSR count). The molecule has 0 bridgehead atoms. The maximum atomic E-state index is 15.5. The summed E-state index contributed by atoms with van der Waals surface area (Å²) in [4.78, 5) is 42.4. The van der Waals surface area contributed by atoms with Gasteiger partial charge in [-0.2, -0.15) is 0 Å². The molecule has 3 aromatic rings. The van der Waals surface area contributed by atoms with Gasteiger partial charge in [-0.25, -0.2) is 4.39 Å². The van der Waals surface area contributed by atoms with Crippen molar-refractivity contribution in [1.29, 1.82) is 0 Å². The van der Waals surface area contributed by atoms with Gasteiger partial charge in [0, 0.05) is 47.7 Å². The minimum absolute atomic E-state index is 0.0400. The third-order valence-corrected chi connectivity index (χ3v) is 11.1. The smallest absolute Gasteiger partial charge is 0.306 e. The molecule has 1 aromatic heterocycles. The number of amides is 2. The Morgan fingerprint density at radius 3 is 2.62 bits per heavy atom. The lowest BCUT2D eigenvalue weighted by Gasteiger charge is -2.30. The fourth-order valence-corrected chi connectivity index (χ4v) is 8.40. The molecule has 12 heteroatoms. The number of ether oxygens (including phenoxy) is 2. The number of rotatable bonds is 11. The molecular formula is C35H41ClFN3O6S. The van der Waals surface area contributed by atoms with Crippen LogP contribution in [0.15, 0.2) is 41.8 Å². The summed E-state index contributed by atoms with van der Waals surface area (Å²) >= 11 is 7.99. The van der Waals surface area contributed by atoms with Crippen molar-refractivity contribution in [3.05, 3.63) is 63.7 Å². The first-order valence-corrected chi connectivity index (χ1v) is 17.7. The molecule has 3 atom stereocenters. The van der Waals surface area contributed by atoms with E-state index in [0.29, 0.717) is 51.0 Å². The SMILES string of the molecule is CCOC1CCN([C@H]2C[C@@H](COC3CCC(C(=O)O)CC3)N(C(=O)Cc3cc(Cl)c(NC(=O)c4csc5ccccc45)cc3F)C2)C1. The Balaban J connectivity index is 1.12. The number of nitrogens with one attached hydrogen (secondary N) is 1. The largest absolute Gasteiger partial charge is 0.481 e. The predicted molar refractivity (Wildman–Crippen MR) is 180 cm³/mol. The van der Waals surface area contributed by atoms with E-state index in [9.17, 15) is 19.5 Å². The van der Waals surface area contributed by atoms with Gasteiger partial charge in [0.25, 0.3) is 5.91 Å². The Kier molecular flexibility index (Phi) is 10.8. The molecule has 2 saturated heterocycles. The molecule has 0 radical (unpaired) electrons. The van der Waals surface area contributed by atoms with E-state index in [1.165, 1.54) is 23.5 Å². The lowest BCUT2D eigenvalue weighted by molar-refractivity contribution is -0.144. The third-order valence-electron chi connectivity index (χ3n) is 9.81. The second-order valence-corrected chi connectivity index (χ2v) is 14.1. The molecule has 1 aliphatic carbocycles. The van der Waals surface area contributed by atoms with Crippen molar-refractivity contribution in [1.82, 2.24) is 9.80 Å². The van der Waals surface area contributed by atoms with Gasteiger partial charge in [-0.15, -0.1) is 11.3 Å². The lowest BCUT2D eigenvalue weighted by atomic mass is 9.87. The van der Waals surface area contributed by atoms with Crippen LogP contribution >= 0.6 is 22.9 Å². The quantitative estimate of drug-likeness (QED) is 0.247. The number of hydrogen-bond donors (Lipinski definition) is 2. The van der Waals surface area contributed by atoms with Gasteiger partial charge in [0.15, 0.2) is 0 Å². The van der Waals surface area contributed by atoms with E-state index in [1.54, 1.807) is 5.38 Å². The molecule has 3 aliphatic rings. The number of aliphatic carboxylic acids is 1. The zero-order chi connectivity index (χ0) is 33.1. The fraction of sp³-hybridized carbons (Fsp3) is 0.514. The second-order valence-electron chi connectivity index (χ2n) is 12.8. The molecule has 3 fully saturated rings. The van der Waals surface area contributed by atoms with E-state index in [0.717, 1.165) is 36.0 Å². The Morgan fingerprint density at radius 2 is 1.85 bits per heavy atom. The molecule has 3 heterocycles. The summed E-state index contributed by atoms with van der Waals surface area (Å²) in [7, 11) is 0. The molecular weight excluding hydrogens is 645 g/mol.